The van der Waals surface area contributed by atoms with E-state index >= 15 is 0 Å². The van der Waals surface area contributed by atoms with Crippen LogP contribution in [0.3, 0.4) is 0 Å². The summed E-state index contributed by atoms with van der Waals surface area (Å²) in [6.45, 7) is 3.18. The Kier molecular flexibility index (Phi) is 8.82. The highest BCUT2D eigenvalue weighted by molar-refractivity contribution is 5.99. The monoisotopic (exact) mass is 486 g/mol. The average molecular weight is 487 g/mol. The zero-order valence-electron chi connectivity index (χ0n) is 19.9. The van der Waals surface area contributed by atoms with Gasteiger partial charge >= 0.3 is 12.1 Å². The first-order valence-corrected chi connectivity index (χ1v) is 11.5. The molecule has 0 bridgehead atoms. The fourth-order valence-electron chi connectivity index (χ4n) is 3.92. The highest BCUT2D eigenvalue weighted by atomic mass is 16.6. The fraction of sp³-hybridized carbons (Fsp3) is 0.458. The zero-order chi connectivity index (χ0) is 25.4. The number of amides is 3. The normalized spacial score (nSPS) is 14.3. The summed E-state index contributed by atoms with van der Waals surface area (Å²) in [6.07, 6.45) is -0.191. The van der Waals surface area contributed by atoms with Gasteiger partial charge in [0.1, 0.15) is 17.5 Å². The van der Waals surface area contributed by atoms with Gasteiger partial charge in [-0.1, -0.05) is 12.1 Å². The molecule has 11 heteroatoms. The molecule has 0 saturated carbocycles. The number of para-hydroxylation sites is 1. The molecule has 1 fully saturated rings. The maximum absolute atomic E-state index is 13.3. The highest BCUT2D eigenvalue weighted by Gasteiger charge is 2.31. The zero-order valence-corrected chi connectivity index (χ0v) is 19.9. The van der Waals surface area contributed by atoms with Crippen molar-refractivity contribution in [2.45, 2.75) is 32.2 Å². The average Bonchev–Trinajstić information content (AvgIpc) is 2.86. The van der Waals surface area contributed by atoms with Gasteiger partial charge in [-0.3, -0.25) is 14.4 Å². The van der Waals surface area contributed by atoms with Gasteiger partial charge in [-0.05, 0) is 31.9 Å². The van der Waals surface area contributed by atoms with Crippen molar-refractivity contribution in [3.05, 3.63) is 36.0 Å². The first-order chi connectivity index (χ1) is 16.8. The third-order valence-corrected chi connectivity index (χ3v) is 5.73. The van der Waals surface area contributed by atoms with Crippen molar-refractivity contribution in [2.75, 3.05) is 39.9 Å². The standard InChI is InChI=1S/C24H30N4O7/c1-3-35-24(33)28-13-11-27(12-14-28)23(32)18(9-6-10-21(29)30)26-22(31)19-15-20(34-2)16-7-4-5-8-17(16)25-19/h4-5,7-8,15,18H,3,6,9-14H2,1-2H3,(H,26,31)(H,29,30)/t18-/m0/s1. The van der Waals surface area contributed by atoms with Crippen LogP contribution >= 0.6 is 0 Å². The number of carboxylic acid groups (broad SMARTS) is 1. The van der Waals surface area contributed by atoms with Crippen molar-refractivity contribution < 1.29 is 33.8 Å². The number of carboxylic acids is 1. The number of carbonyl (C=O) groups is 4. The third kappa shape index (κ3) is 6.58. The Bertz CT molecular complexity index is 1080. The van der Waals surface area contributed by atoms with Gasteiger partial charge < -0.3 is 29.7 Å². The molecule has 1 atom stereocenters. The highest BCUT2D eigenvalue weighted by Crippen LogP contribution is 2.25. The predicted octanol–water partition coefficient (Wildman–Crippen LogP) is 1.90. The number of hydrogen-bond donors (Lipinski definition) is 2. The molecule has 35 heavy (non-hydrogen) atoms. The van der Waals surface area contributed by atoms with Crippen molar-refractivity contribution in [1.29, 1.82) is 0 Å². The van der Waals surface area contributed by atoms with Gasteiger partial charge in [-0.2, -0.15) is 0 Å². The van der Waals surface area contributed by atoms with Crippen LogP contribution in [0.2, 0.25) is 0 Å². The molecule has 0 spiro atoms. The maximum atomic E-state index is 13.3. The molecule has 2 heterocycles. The second-order valence-electron chi connectivity index (χ2n) is 8.05. The molecule has 0 radical (unpaired) electrons. The number of nitrogens with zero attached hydrogens (tertiary/aromatic N) is 3. The molecule has 1 aliphatic rings. The number of hydrogen-bond acceptors (Lipinski definition) is 7. The van der Waals surface area contributed by atoms with Gasteiger partial charge in [0.25, 0.3) is 5.91 Å². The number of nitrogens with one attached hydrogen (secondary N) is 1. The van der Waals surface area contributed by atoms with Crippen LogP contribution in [0, 0.1) is 0 Å². The van der Waals surface area contributed by atoms with Gasteiger partial charge in [0.15, 0.2) is 0 Å². The van der Waals surface area contributed by atoms with Crippen molar-refractivity contribution in [3.63, 3.8) is 0 Å². The molecule has 3 rings (SSSR count). The summed E-state index contributed by atoms with van der Waals surface area (Å²) in [7, 11) is 1.50. The number of benzene rings is 1. The molecule has 3 amide bonds. The van der Waals surface area contributed by atoms with Crippen LogP contribution < -0.4 is 10.1 Å². The first kappa shape index (κ1) is 25.7. The Labute approximate surface area is 203 Å². The van der Waals surface area contributed by atoms with Crippen LogP contribution in [0.25, 0.3) is 10.9 Å². The van der Waals surface area contributed by atoms with Gasteiger partial charge in [0, 0.05) is 44.1 Å². The summed E-state index contributed by atoms with van der Waals surface area (Å²) in [5.41, 5.74) is 0.657. The molecule has 11 nitrogen and oxygen atoms in total. The lowest BCUT2D eigenvalue weighted by atomic mass is 10.1. The lowest BCUT2D eigenvalue weighted by Crippen LogP contribution is -2.56. The van der Waals surface area contributed by atoms with E-state index in [9.17, 15) is 19.2 Å². The van der Waals surface area contributed by atoms with E-state index in [2.05, 4.69) is 10.3 Å². The number of ether oxygens (including phenoxy) is 2. The van der Waals surface area contributed by atoms with E-state index < -0.39 is 24.0 Å². The van der Waals surface area contributed by atoms with Crippen LogP contribution in [-0.2, 0) is 14.3 Å². The summed E-state index contributed by atoms with van der Waals surface area (Å²) in [4.78, 5) is 56.7. The summed E-state index contributed by atoms with van der Waals surface area (Å²) in [5, 5.41) is 12.5. The van der Waals surface area contributed by atoms with Crippen molar-refractivity contribution in [2.24, 2.45) is 0 Å². The molecule has 1 aromatic carbocycles. The van der Waals surface area contributed by atoms with E-state index in [0.717, 1.165) is 5.39 Å². The summed E-state index contributed by atoms with van der Waals surface area (Å²) < 4.78 is 10.4. The lowest BCUT2D eigenvalue weighted by Gasteiger charge is -2.36. The quantitative estimate of drug-likeness (QED) is 0.548. The van der Waals surface area contributed by atoms with Gasteiger partial charge in [0.2, 0.25) is 5.91 Å². The number of aromatic nitrogens is 1. The molecular weight excluding hydrogens is 456 g/mol. The van der Waals surface area contributed by atoms with Gasteiger partial charge in [-0.15, -0.1) is 0 Å². The molecule has 0 unspecified atom stereocenters. The van der Waals surface area contributed by atoms with E-state index in [4.69, 9.17) is 14.6 Å². The second kappa shape index (κ2) is 12.0. The van der Waals surface area contributed by atoms with Crippen LogP contribution in [0.15, 0.2) is 30.3 Å². The Hall–Kier alpha value is -3.89. The number of carbonyl (C=O) groups excluding carboxylic acids is 3. The summed E-state index contributed by atoms with van der Waals surface area (Å²) in [6, 6.07) is 7.80. The van der Waals surface area contributed by atoms with Crippen LogP contribution in [0.1, 0.15) is 36.7 Å². The van der Waals surface area contributed by atoms with Gasteiger partial charge in [0.05, 0.1) is 19.2 Å². The number of pyridine rings is 1. The number of piperazine rings is 1. The molecule has 2 N–H and O–H groups in total. The maximum Gasteiger partial charge on any atom is 0.409 e. The lowest BCUT2D eigenvalue weighted by molar-refractivity contribution is -0.138. The van der Waals surface area contributed by atoms with Crippen LogP contribution in [0.5, 0.6) is 5.75 Å². The molecule has 1 aromatic heterocycles. The Morgan fingerprint density at radius 1 is 1.11 bits per heavy atom. The number of rotatable bonds is 9. The molecular formula is C24H30N4O7. The van der Waals surface area contributed by atoms with Crippen molar-refractivity contribution in [1.82, 2.24) is 20.1 Å². The molecule has 1 saturated heterocycles. The largest absolute Gasteiger partial charge is 0.496 e. The summed E-state index contributed by atoms with van der Waals surface area (Å²) in [5.74, 6) is -1.40. The second-order valence-corrected chi connectivity index (χ2v) is 8.05. The van der Waals surface area contributed by atoms with E-state index in [1.807, 2.05) is 12.1 Å². The minimum atomic E-state index is -0.980. The van der Waals surface area contributed by atoms with E-state index in [0.29, 0.717) is 24.4 Å². The Morgan fingerprint density at radius 3 is 2.46 bits per heavy atom. The Morgan fingerprint density at radius 2 is 1.80 bits per heavy atom. The summed E-state index contributed by atoms with van der Waals surface area (Å²) >= 11 is 0. The Balaban J connectivity index is 1.74. The first-order valence-electron chi connectivity index (χ1n) is 11.5. The topological polar surface area (TPSA) is 138 Å². The predicted molar refractivity (Wildman–Crippen MR) is 126 cm³/mol. The fourth-order valence-corrected chi connectivity index (χ4v) is 3.92. The molecule has 0 aliphatic carbocycles. The minimum absolute atomic E-state index is 0.0868. The van der Waals surface area contributed by atoms with E-state index in [-0.39, 0.29) is 50.6 Å². The van der Waals surface area contributed by atoms with E-state index in [1.165, 1.54) is 18.1 Å². The minimum Gasteiger partial charge on any atom is -0.496 e. The van der Waals surface area contributed by atoms with E-state index in [1.54, 1.807) is 24.0 Å². The third-order valence-electron chi connectivity index (χ3n) is 5.73. The molecule has 2 aromatic rings. The molecule has 188 valence electrons. The van der Waals surface area contributed by atoms with Crippen molar-refractivity contribution >= 4 is 34.8 Å². The number of methoxy groups -OCH3 is 1. The molecule has 1 aliphatic heterocycles. The number of aliphatic carboxylic acids is 1. The van der Waals surface area contributed by atoms with Crippen molar-refractivity contribution in [3.8, 4) is 5.75 Å². The van der Waals surface area contributed by atoms with Crippen LogP contribution in [-0.4, -0.2) is 89.7 Å². The number of fused-ring (bicyclic) bond motifs is 1. The van der Waals surface area contributed by atoms with Gasteiger partial charge in [-0.25, -0.2) is 9.78 Å². The smallest absolute Gasteiger partial charge is 0.409 e. The SMILES string of the molecule is CCOC(=O)N1CCN(C(=O)[C@H](CCCC(=O)O)NC(=O)c2cc(OC)c3ccccc3n2)CC1. The van der Waals surface area contributed by atoms with Crippen LogP contribution in [0.4, 0.5) is 4.79 Å².